The van der Waals surface area contributed by atoms with Crippen LogP contribution in [0.25, 0.3) is 0 Å². The van der Waals surface area contributed by atoms with Crippen molar-refractivity contribution in [3.05, 3.63) is 65.7 Å². The highest BCUT2D eigenvalue weighted by atomic mass is 16.7. The van der Waals surface area contributed by atoms with E-state index < -0.39 is 29.0 Å². The molecule has 0 aromatic heterocycles. The Hall–Kier alpha value is -2.45. The molecule has 42 heavy (non-hydrogen) atoms. The van der Waals surface area contributed by atoms with E-state index in [9.17, 15) is 9.90 Å². The lowest BCUT2D eigenvalue weighted by Gasteiger charge is -2.65. The van der Waals surface area contributed by atoms with E-state index in [-0.39, 0.29) is 11.3 Å². The molecule has 2 aliphatic heterocycles. The number of piperidine rings is 1. The maximum atomic E-state index is 12.7. The van der Waals surface area contributed by atoms with Crippen molar-refractivity contribution >= 4 is 11.8 Å². The predicted octanol–water partition coefficient (Wildman–Crippen LogP) is 6.30. The molecule has 230 valence electrons. The quantitative estimate of drug-likeness (QED) is 0.383. The lowest BCUT2D eigenvalue weighted by atomic mass is 9.47. The smallest absolute Gasteiger partial charge is 0.412 e. The third-order valence-corrected chi connectivity index (χ3v) is 9.62. The van der Waals surface area contributed by atoms with Crippen molar-refractivity contribution in [1.82, 2.24) is 4.90 Å². The maximum absolute atomic E-state index is 12.7. The van der Waals surface area contributed by atoms with Gasteiger partial charge in [-0.15, -0.1) is 0 Å². The number of fused-ring (bicyclic) bond motifs is 2. The molecule has 2 heterocycles. The molecule has 1 saturated carbocycles. The SMILES string of the molecule is CC(C)CN1CC2(Cc3ccccc3)CC3(CC(C(O)Cc4ccccc4NC(=O)OC(C)(C)C)(C1)C2C)OCCO3. The third kappa shape index (κ3) is 6.54. The van der Waals surface area contributed by atoms with E-state index >= 15 is 0 Å². The summed E-state index contributed by atoms with van der Waals surface area (Å²) in [6.07, 6.45) is 1.60. The van der Waals surface area contributed by atoms with Gasteiger partial charge in [-0.2, -0.15) is 0 Å². The van der Waals surface area contributed by atoms with Crippen molar-refractivity contribution in [2.24, 2.45) is 22.7 Å². The summed E-state index contributed by atoms with van der Waals surface area (Å²) < 4.78 is 18.5. The van der Waals surface area contributed by atoms with Gasteiger partial charge >= 0.3 is 6.09 Å². The second kappa shape index (κ2) is 11.9. The predicted molar refractivity (Wildman–Crippen MR) is 165 cm³/mol. The lowest BCUT2D eigenvalue weighted by Crippen LogP contribution is -2.70. The number of aliphatic hydroxyl groups excluding tert-OH is 1. The van der Waals surface area contributed by atoms with Gasteiger partial charge in [-0.05, 0) is 61.6 Å². The van der Waals surface area contributed by atoms with E-state index in [1.54, 1.807) is 0 Å². The highest BCUT2D eigenvalue weighted by Crippen LogP contribution is 2.62. The molecule has 2 bridgehead atoms. The van der Waals surface area contributed by atoms with Crippen LogP contribution in [0.1, 0.15) is 65.5 Å². The second-order valence-corrected chi connectivity index (χ2v) is 14.5. The number of carbonyl (C=O) groups excluding carboxylic acids is 1. The summed E-state index contributed by atoms with van der Waals surface area (Å²) in [5.41, 5.74) is 1.66. The standard InChI is InChI=1S/C35H50N2O5/c1-25(2)20-37-23-33(19-27-12-8-7-9-13-27)21-35(40-16-17-41-35)22-34(24-37,26(33)3)30(38)18-28-14-10-11-15-29(28)36-31(39)42-32(4,5)6/h7-15,25-26,30,38H,16-24H2,1-6H3,(H,36,39). The number of para-hydroxylation sites is 1. The molecule has 3 aliphatic rings. The Morgan fingerprint density at radius 2 is 1.71 bits per heavy atom. The molecular formula is C35H50N2O5. The molecule has 2 N–H and O–H groups in total. The van der Waals surface area contributed by atoms with Gasteiger partial charge in [0.05, 0.1) is 19.3 Å². The first-order chi connectivity index (χ1) is 19.8. The zero-order valence-corrected chi connectivity index (χ0v) is 26.3. The van der Waals surface area contributed by atoms with Gasteiger partial charge in [0.15, 0.2) is 5.79 Å². The molecular weight excluding hydrogens is 528 g/mol. The van der Waals surface area contributed by atoms with Gasteiger partial charge in [-0.1, -0.05) is 69.3 Å². The van der Waals surface area contributed by atoms with Gasteiger partial charge in [0.1, 0.15) is 5.60 Å². The molecule has 7 heteroatoms. The zero-order valence-electron chi connectivity index (χ0n) is 26.3. The topological polar surface area (TPSA) is 80.3 Å². The Balaban J connectivity index is 1.51. The minimum atomic E-state index is -0.694. The molecule has 1 spiro atoms. The molecule has 7 nitrogen and oxygen atoms in total. The molecule has 3 fully saturated rings. The fourth-order valence-corrected chi connectivity index (χ4v) is 8.10. The fraction of sp³-hybridized carbons (Fsp3) is 0.629. The summed E-state index contributed by atoms with van der Waals surface area (Å²) in [5, 5.41) is 15.4. The van der Waals surface area contributed by atoms with Crippen LogP contribution in [0, 0.1) is 22.7 Å². The van der Waals surface area contributed by atoms with Crippen LogP contribution in [-0.2, 0) is 27.1 Å². The molecule has 2 aromatic carbocycles. The number of aliphatic hydroxyl groups is 1. The molecule has 1 aliphatic carbocycles. The average Bonchev–Trinajstić information content (AvgIpc) is 3.33. The van der Waals surface area contributed by atoms with Gasteiger partial charge in [-0.25, -0.2) is 4.79 Å². The van der Waals surface area contributed by atoms with Crippen LogP contribution >= 0.6 is 0 Å². The van der Waals surface area contributed by atoms with Crippen LogP contribution in [0.15, 0.2) is 54.6 Å². The van der Waals surface area contributed by atoms with Crippen molar-refractivity contribution in [1.29, 1.82) is 0 Å². The minimum Gasteiger partial charge on any atom is -0.444 e. The maximum Gasteiger partial charge on any atom is 0.412 e. The number of nitrogens with zero attached hydrogens (tertiary/aromatic N) is 1. The fourth-order valence-electron chi connectivity index (χ4n) is 8.10. The number of amides is 1. The number of nitrogens with one attached hydrogen (secondary N) is 1. The largest absolute Gasteiger partial charge is 0.444 e. The number of rotatable bonds is 8. The molecule has 4 unspecified atom stereocenters. The average molecular weight is 579 g/mol. The summed E-state index contributed by atoms with van der Waals surface area (Å²) in [5.74, 6) is 0.0299. The summed E-state index contributed by atoms with van der Waals surface area (Å²) in [4.78, 5) is 15.3. The number of ether oxygens (including phenoxy) is 3. The number of hydrogen-bond donors (Lipinski definition) is 2. The van der Waals surface area contributed by atoms with Crippen LogP contribution in [0.3, 0.4) is 0 Å². The van der Waals surface area contributed by atoms with E-state index in [1.807, 2.05) is 45.0 Å². The van der Waals surface area contributed by atoms with Gasteiger partial charge in [0, 0.05) is 50.0 Å². The Labute approximate surface area is 251 Å². The highest BCUT2D eigenvalue weighted by Gasteiger charge is 2.66. The molecule has 2 aromatic rings. The Morgan fingerprint density at radius 1 is 1.05 bits per heavy atom. The summed E-state index contributed by atoms with van der Waals surface area (Å²) in [6.45, 7) is 16.3. The Morgan fingerprint density at radius 3 is 2.38 bits per heavy atom. The number of benzene rings is 2. The monoisotopic (exact) mass is 578 g/mol. The van der Waals surface area contributed by atoms with Gasteiger partial charge in [0.2, 0.25) is 0 Å². The first-order valence-corrected chi connectivity index (χ1v) is 15.6. The second-order valence-electron chi connectivity index (χ2n) is 14.5. The first kappa shape index (κ1) is 31.0. The number of likely N-dealkylation sites (tertiary alicyclic amines) is 1. The minimum absolute atomic E-state index is 0.133. The van der Waals surface area contributed by atoms with Crippen LogP contribution < -0.4 is 5.32 Å². The number of anilines is 1. The van der Waals surface area contributed by atoms with E-state index in [0.29, 0.717) is 37.7 Å². The molecule has 4 atom stereocenters. The summed E-state index contributed by atoms with van der Waals surface area (Å²) >= 11 is 0. The Kier molecular flexibility index (Phi) is 8.79. The van der Waals surface area contributed by atoms with Crippen molar-refractivity contribution < 1.29 is 24.1 Å². The van der Waals surface area contributed by atoms with Crippen LogP contribution in [0.4, 0.5) is 10.5 Å². The number of hydrogen-bond acceptors (Lipinski definition) is 6. The van der Waals surface area contributed by atoms with E-state index in [0.717, 1.165) is 38.0 Å². The zero-order chi connectivity index (χ0) is 30.2. The molecule has 2 saturated heterocycles. The van der Waals surface area contributed by atoms with Crippen LogP contribution in [0.2, 0.25) is 0 Å². The van der Waals surface area contributed by atoms with Gasteiger partial charge in [0.25, 0.3) is 0 Å². The van der Waals surface area contributed by atoms with Crippen molar-refractivity contribution in [2.45, 2.75) is 84.7 Å². The van der Waals surface area contributed by atoms with Crippen molar-refractivity contribution in [2.75, 3.05) is 38.2 Å². The van der Waals surface area contributed by atoms with Crippen LogP contribution in [0.5, 0.6) is 0 Å². The van der Waals surface area contributed by atoms with Crippen LogP contribution in [-0.4, -0.2) is 66.4 Å². The van der Waals surface area contributed by atoms with E-state index in [1.165, 1.54) is 5.56 Å². The first-order valence-electron chi connectivity index (χ1n) is 15.6. The van der Waals surface area contributed by atoms with E-state index in [2.05, 4.69) is 61.3 Å². The summed E-state index contributed by atoms with van der Waals surface area (Å²) in [6, 6.07) is 18.5. The Bertz CT molecular complexity index is 1220. The third-order valence-electron chi connectivity index (χ3n) is 9.62. The normalized spacial score (nSPS) is 28.1. The van der Waals surface area contributed by atoms with Crippen molar-refractivity contribution in [3.63, 3.8) is 0 Å². The highest BCUT2D eigenvalue weighted by molar-refractivity contribution is 5.86. The molecule has 0 radical (unpaired) electrons. The van der Waals surface area contributed by atoms with Gasteiger partial charge in [-0.3, -0.25) is 5.32 Å². The van der Waals surface area contributed by atoms with Gasteiger partial charge < -0.3 is 24.2 Å². The van der Waals surface area contributed by atoms with Crippen molar-refractivity contribution in [3.8, 4) is 0 Å². The lowest BCUT2D eigenvalue weighted by molar-refractivity contribution is -0.286. The molecule has 1 amide bonds. The molecule has 5 rings (SSSR count). The van der Waals surface area contributed by atoms with E-state index in [4.69, 9.17) is 14.2 Å². The number of carbonyl (C=O) groups is 1. The summed E-state index contributed by atoms with van der Waals surface area (Å²) in [7, 11) is 0.